The van der Waals surface area contributed by atoms with E-state index in [0.717, 1.165) is 46.5 Å². The molecule has 1 aromatic heterocycles. The number of hydrogen-bond donors (Lipinski definition) is 1. The van der Waals surface area contributed by atoms with Gasteiger partial charge < -0.3 is 24.4 Å². The van der Waals surface area contributed by atoms with Gasteiger partial charge in [0.25, 0.3) is 0 Å². The molecule has 5 rings (SSSR count). The standard InChI is InChI=1S/C27H29N3O4/c1-17-7-10-24-27(29-17)30(11-12-33-24)23-6-4-5-19(18(23)2)15-28-21-8-9-22-20(13-26(31)32-3)16-34-25(22)14-21/h4-10,14,20,28H,11-13,15-16H2,1-3H3/t20-/m1/s1. The molecular weight excluding hydrogens is 430 g/mol. The molecule has 0 radical (unpaired) electrons. The molecule has 0 saturated heterocycles. The minimum atomic E-state index is -0.215. The maximum Gasteiger partial charge on any atom is 0.306 e. The van der Waals surface area contributed by atoms with Crippen LogP contribution in [0.3, 0.4) is 0 Å². The number of nitrogens with zero attached hydrogens (tertiary/aromatic N) is 2. The number of anilines is 3. The molecule has 34 heavy (non-hydrogen) atoms. The van der Waals surface area contributed by atoms with E-state index in [9.17, 15) is 4.79 Å². The average Bonchev–Trinajstić information content (AvgIpc) is 3.24. The van der Waals surface area contributed by atoms with Crippen LogP contribution in [0.5, 0.6) is 11.5 Å². The SMILES string of the molecule is COC(=O)C[C@@H]1COc2cc(NCc3cccc(N4CCOc5ccc(C)nc54)c3C)ccc21. The number of aromatic nitrogens is 1. The van der Waals surface area contributed by atoms with Crippen LogP contribution >= 0.6 is 0 Å². The molecule has 0 amide bonds. The van der Waals surface area contributed by atoms with Crippen molar-refractivity contribution < 1.29 is 19.0 Å². The third kappa shape index (κ3) is 4.25. The fourth-order valence-corrected chi connectivity index (χ4v) is 4.61. The summed E-state index contributed by atoms with van der Waals surface area (Å²) >= 11 is 0. The minimum Gasteiger partial charge on any atom is -0.493 e. The summed E-state index contributed by atoms with van der Waals surface area (Å²) < 4.78 is 16.5. The van der Waals surface area contributed by atoms with Gasteiger partial charge >= 0.3 is 5.97 Å². The van der Waals surface area contributed by atoms with Crippen molar-refractivity contribution in [2.75, 3.05) is 37.1 Å². The van der Waals surface area contributed by atoms with E-state index in [-0.39, 0.29) is 11.9 Å². The Hall–Kier alpha value is -3.74. The van der Waals surface area contributed by atoms with Crippen molar-refractivity contribution in [3.63, 3.8) is 0 Å². The maximum atomic E-state index is 11.7. The van der Waals surface area contributed by atoms with E-state index >= 15 is 0 Å². The van der Waals surface area contributed by atoms with Crippen molar-refractivity contribution in [3.05, 3.63) is 70.9 Å². The quantitative estimate of drug-likeness (QED) is 0.527. The number of fused-ring (bicyclic) bond motifs is 2. The second kappa shape index (κ2) is 9.25. The molecule has 176 valence electrons. The highest BCUT2D eigenvalue weighted by Gasteiger charge is 2.27. The number of aryl methyl sites for hydroxylation is 1. The molecule has 1 atom stereocenters. The van der Waals surface area contributed by atoms with E-state index in [1.54, 1.807) is 0 Å². The number of carbonyl (C=O) groups excluding carboxylic acids is 1. The monoisotopic (exact) mass is 459 g/mol. The lowest BCUT2D eigenvalue weighted by Gasteiger charge is -2.32. The van der Waals surface area contributed by atoms with Crippen LogP contribution in [0.4, 0.5) is 17.2 Å². The molecule has 3 aromatic rings. The Labute approximate surface area is 199 Å². The van der Waals surface area contributed by atoms with Gasteiger partial charge in [0.2, 0.25) is 0 Å². The Kier molecular flexibility index (Phi) is 6.01. The first-order valence-corrected chi connectivity index (χ1v) is 11.6. The highest BCUT2D eigenvalue weighted by Crippen LogP contribution is 2.39. The van der Waals surface area contributed by atoms with Crippen molar-refractivity contribution in [1.82, 2.24) is 4.98 Å². The molecule has 1 N–H and O–H groups in total. The van der Waals surface area contributed by atoms with Gasteiger partial charge in [0, 0.05) is 41.2 Å². The number of rotatable bonds is 6. The number of pyridine rings is 1. The van der Waals surface area contributed by atoms with E-state index in [2.05, 4.69) is 35.3 Å². The van der Waals surface area contributed by atoms with E-state index in [0.29, 0.717) is 26.2 Å². The molecule has 3 heterocycles. The molecule has 2 aliphatic rings. The summed E-state index contributed by atoms with van der Waals surface area (Å²) in [6.07, 6.45) is 0.335. The van der Waals surface area contributed by atoms with Crippen molar-refractivity contribution in [1.29, 1.82) is 0 Å². The number of benzene rings is 2. The smallest absolute Gasteiger partial charge is 0.306 e. The molecule has 0 spiro atoms. The summed E-state index contributed by atoms with van der Waals surface area (Å²) in [5.74, 6) is 2.35. The van der Waals surface area contributed by atoms with Crippen LogP contribution in [0.2, 0.25) is 0 Å². The van der Waals surface area contributed by atoms with E-state index < -0.39 is 0 Å². The maximum absolute atomic E-state index is 11.7. The van der Waals surface area contributed by atoms with Crippen LogP contribution in [-0.4, -0.2) is 37.8 Å². The third-order valence-electron chi connectivity index (χ3n) is 6.53. The van der Waals surface area contributed by atoms with E-state index in [1.165, 1.54) is 18.2 Å². The van der Waals surface area contributed by atoms with Gasteiger partial charge in [0.15, 0.2) is 11.6 Å². The van der Waals surface area contributed by atoms with Crippen molar-refractivity contribution in [2.45, 2.75) is 32.7 Å². The summed E-state index contributed by atoms with van der Waals surface area (Å²) in [6.45, 7) is 6.73. The zero-order valence-corrected chi connectivity index (χ0v) is 19.8. The van der Waals surface area contributed by atoms with Crippen LogP contribution in [-0.2, 0) is 16.1 Å². The second-order valence-electron chi connectivity index (χ2n) is 8.73. The van der Waals surface area contributed by atoms with Crippen LogP contribution in [0.15, 0.2) is 48.5 Å². The van der Waals surface area contributed by atoms with Crippen LogP contribution < -0.4 is 19.7 Å². The van der Waals surface area contributed by atoms with Gasteiger partial charge in [-0.05, 0) is 49.2 Å². The van der Waals surface area contributed by atoms with Crippen molar-refractivity contribution in [2.24, 2.45) is 0 Å². The fourth-order valence-electron chi connectivity index (χ4n) is 4.61. The van der Waals surface area contributed by atoms with Crippen LogP contribution in [0.25, 0.3) is 0 Å². The zero-order valence-electron chi connectivity index (χ0n) is 19.8. The first kappa shape index (κ1) is 22.1. The Morgan fingerprint density at radius 2 is 2.03 bits per heavy atom. The molecule has 2 aromatic carbocycles. The van der Waals surface area contributed by atoms with Crippen molar-refractivity contribution in [3.8, 4) is 11.5 Å². The Morgan fingerprint density at radius 3 is 2.88 bits per heavy atom. The van der Waals surface area contributed by atoms with E-state index in [1.807, 2.05) is 37.3 Å². The van der Waals surface area contributed by atoms with Crippen LogP contribution in [0, 0.1) is 13.8 Å². The highest BCUT2D eigenvalue weighted by atomic mass is 16.5. The average molecular weight is 460 g/mol. The molecule has 0 bridgehead atoms. The number of carbonyl (C=O) groups is 1. The topological polar surface area (TPSA) is 72.9 Å². The number of hydrogen-bond acceptors (Lipinski definition) is 7. The summed E-state index contributed by atoms with van der Waals surface area (Å²) in [5.41, 5.74) is 6.58. The second-order valence-corrected chi connectivity index (χ2v) is 8.73. The zero-order chi connectivity index (χ0) is 23.7. The Bertz CT molecular complexity index is 1230. The van der Waals surface area contributed by atoms with Gasteiger partial charge in [-0.1, -0.05) is 18.2 Å². The predicted octanol–water partition coefficient (Wildman–Crippen LogP) is 4.88. The van der Waals surface area contributed by atoms with E-state index in [4.69, 9.17) is 19.2 Å². The van der Waals surface area contributed by atoms with Gasteiger partial charge in [0.05, 0.1) is 26.7 Å². The van der Waals surface area contributed by atoms with Gasteiger partial charge in [-0.2, -0.15) is 0 Å². The summed E-state index contributed by atoms with van der Waals surface area (Å²) in [6, 6.07) is 16.5. The highest BCUT2D eigenvalue weighted by molar-refractivity contribution is 5.72. The fraction of sp³-hybridized carbons (Fsp3) is 0.333. The van der Waals surface area contributed by atoms with Crippen LogP contribution in [0.1, 0.15) is 34.7 Å². The summed E-state index contributed by atoms with van der Waals surface area (Å²) in [5, 5.41) is 3.53. The lowest BCUT2D eigenvalue weighted by Crippen LogP contribution is -2.30. The molecule has 0 fully saturated rings. The van der Waals surface area contributed by atoms with Gasteiger partial charge in [-0.25, -0.2) is 4.98 Å². The summed E-state index contributed by atoms with van der Waals surface area (Å²) in [7, 11) is 1.42. The number of methoxy groups -OCH3 is 1. The Morgan fingerprint density at radius 1 is 1.15 bits per heavy atom. The molecule has 7 heteroatoms. The molecule has 0 unspecified atom stereocenters. The predicted molar refractivity (Wildman–Crippen MR) is 131 cm³/mol. The third-order valence-corrected chi connectivity index (χ3v) is 6.53. The lowest BCUT2D eigenvalue weighted by molar-refractivity contribution is -0.141. The molecule has 2 aliphatic heterocycles. The molecule has 7 nitrogen and oxygen atoms in total. The van der Waals surface area contributed by atoms with Gasteiger partial charge in [-0.15, -0.1) is 0 Å². The largest absolute Gasteiger partial charge is 0.493 e. The van der Waals surface area contributed by atoms with Gasteiger partial charge in [-0.3, -0.25) is 4.79 Å². The summed E-state index contributed by atoms with van der Waals surface area (Å²) in [4.78, 5) is 18.6. The number of ether oxygens (including phenoxy) is 3. The minimum absolute atomic E-state index is 0.0454. The normalized spacial score (nSPS) is 16.2. The van der Waals surface area contributed by atoms with Gasteiger partial charge in [0.1, 0.15) is 12.4 Å². The molecule has 0 aliphatic carbocycles. The first-order valence-electron chi connectivity index (χ1n) is 11.6. The first-order chi connectivity index (χ1) is 16.5. The van der Waals surface area contributed by atoms with Crippen molar-refractivity contribution >= 4 is 23.2 Å². The lowest BCUT2D eigenvalue weighted by atomic mass is 9.97. The number of esters is 1. The molecule has 0 saturated carbocycles. The Balaban J connectivity index is 1.33. The molecular formula is C27H29N3O4. The number of nitrogens with one attached hydrogen (secondary N) is 1.